The van der Waals surface area contributed by atoms with Crippen molar-refractivity contribution >= 4 is 23.2 Å². The number of hydrogen-bond acceptors (Lipinski definition) is 8. The molecule has 11 heteroatoms. The summed E-state index contributed by atoms with van der Waals surface area (Å²) in [5.74, 6) is -0.123. The Morgan fingerprint density at radius 1 is 1.07 bits per heavy atom. The molecule has 3 aliphatic rings. The van der Waals surface area contributed by atoms with Crippen molar-refractivity contribution in [2.24, 2.45) is 0 Å². The second-order valence-electron chi connectivity index (χ2n) is 12.9. The van der Waals surface area contributed by atoms with Gasteiger partial charge in [0.05, 0.1) is 41.0 Å². The molecular formula is C33H41FN4O6. The van der Waals surface area contributed by atoms with Crippen LogP contribution in [0, 0.1) is 5.82 Å². The molecule has 2 amide bonds. The molecule has 1 atom stereocenters. The first-order chi connectivity index (χ1) is 20.9. The number of ether oxygens (including phenoxy) is 4. The van der Waals surface area contributed by atoms with Crippen LogP contribution in [0.2, 0.25) is 0 Å². The number of hydrogen-bond donors (Lipinski definition) is 2. The molecule has 2 aromatic heterocycles. The summed E-state index contributed by atoms with van der Waals surface area (Å²) in [6, 6.07) is 12.5. The number of pyridine rings is 2. The Balaban J connectivity index is 1.16. The molecule has 10 nitrogen and oxygen atoms in total. The van der Waals surface area contributed by atoms with Crippen LogP contribution in [-0.2, 0) is 27.2 Å². The van der Waals surface area contributed by atoms with Gasteiger partial charge >= 0.3 is 12.2 Å². The molecule has 2 aliphatic heterocycles. The number of nitrogens with one attached hydrogen (secondary N) is 2. The summed E-state index contributed by atoms with van der Waals surface area (Å²) in [4.78, 5) is 33.4. The van der Waals surface area contributed by atoms with Gasteiger partial charge in [-0.15, -0.1) is 0 Å². The Labute approximate surface area is 257 Å². The topological polar surface area (TPSA) is 121 Å². The van der Waals surface area contributed by atoms with Crippen molar-refractivity contribution in [2.75, 3.05) is 13.2 Å². The quantitative estimate of drug-likeness (QED) is 0.288. The number of halogens is 1. The summed E-state index contributed by atoms with van der Waals surface area (Å²) in [6.45, 7) is 8.02. The van der Waals surface area contributed by atoms with Gasteiger partial charge in [-0.05, 0) is 77.8 Å². The second-order valence-corrected chi connectivity index (χ2v) is 12.9. The van der Waals surface area contributed by atoms with Crippen LogP contribution in [-0.4, -0.2) is 58.2 Å². The van der Waals surface area contributed by atoms with E-state index < -0.39 is 29.1 Å². The zero-order chi connectivity index (χ0) is 31.4. The maximum absolute atomic E-state index is 15.1. The van der Waals surface area contributed by atoms with Gasteiger partial charge in [0.25, 0.3) is 0 Å². The first kappa shape index (κ1) is 31.4. The van der Waals surface area contributed by atoms with Gasteiger partial charge in [0.15, 0.2) is 0 Å². The molecule has 6 rings (SSSR count). The standard InChI is InChI=1S/C33H41FN4O6/c1-22(36-29(39)42-20-23-8-6-5-7-9-23)19-41-27-11-10-26-28(37-27)24(25(34)18-35-26)12-13-33-16-14-32(15-17-33,21-43-33)38-30(40)44-31(2,3)4/h5-11,18,22H,12-17,19-21H2,1-4H3,(H,36,39)(H,38,40). The molecule has 2 saturated heterocycles. The number of benzene rings is 1. The van der Waals surface area contributed by atoms with Crippen LogP contribution >= 0.6 is 0 Å². The maximum Gasteiger partial charge on any atom is 0.408 e. The van der Waals surface area contributed by atoms with Crippen molar-refractivity contribution in [2.45, 2.75) is 95.6 Å². The highest BCUT2D eigenvalue weighted by Gasteiger charge is 2.50. The fraction of sp³-hybridized carbons (Fsp3) is 0.515. The average Bonchev–Trinajstić information content (AvgIpc) is 2.99. The van der Waals surface area contributed by atoms with E-state index in [1.165, 1.54) is 6.20 Å². The lowest BCUT2D eigenvalue weighted by Crippen LogP contribution is -2.63. The van der Waals surface area contributed by atoms with E-state index in [0.717, 1.165) is 31.2 Å². The molecular weight excluding hydrogens is 567 g/mol. The summed E-state index contributed by atoms with van der Waals surface area (Å²) >= 11 is 0. The van der Waals surface area contributed by atoms with E-state index >= 15 is 4.39 Å². The minimum Gasteiger partial charge on any atom is -0.475 e. The molecule has 1 saturated carbocycles. The van der Waals surface area contributed by atoms with Crippen LogP contribution in [0.1, 0.15) is 70.9 Å². The van der Waals surface area contributed by atoms with E-state index in [1.54, 1.807) is 19.1 Å². The molecule has 0 spiro atoms. The number of carbonyl (C=O) groups is 2. The predicted octanol–water partition coefficient (Wildman–Crippen LogP) is 6.00. The van der Waals surface area contributed by atoms with Crippen molar-refractivity contribution in [1.82, 2.24) is 20.6 Å². The highest BCUT2D eigenvalue weighted by molar-refractivity contribution is 5.78. The summed E-state index contributed by atoms with van der Waals surface area (Å²) in [5, 5.41) is 5.78. The van der Waals surface area contributed by atoms with E-state index in [1.807, 2.05) is 51.1 Å². The van der Waals surface area contributed by atoms with E-state index in [2.05, 4.69) is 20.6 Å². The molecule has 2 bridgehead atoms. The lowest BCUT2D eigenvalue weighted by Gasteiger charge is -2.53. The van der Waals surface area contributed by atoms with Crippen LogP contribution in [0.25, 0.3) is 11.0 Å². The molecule has 2 N–H and O–H groups in total. The first-order valence-corrected chi connectivity index (χ1v) is 15.1. The lowest BCUT2D eigenvalue weighted by atomic mass is 9.69. The van der Waals surface area contributed by atoms with Gasteiger partial charge < -0.3 is 29.6 Å². The molecule has 1 aromatic carbocycles. The third-order valence-corrected chi connectivity index (χ3v) is 8.17. The normalized spacial score (nSPS) is 21.8. The number of rotatable bonds is 10. The molecule has 0 radical (unpaired) electrons. The lowest BCUT2D eigenvalue weighted by molar-refractivity contribution is -0.163. The molecule has 1 unspecified atom stereocenters. The van der Waals surface area contributed by atoms with Crippen LogP contribution in [0.3, 0.4) is 0 Å². The first-order valence-electron chi connectivity index (χ1n) is 15.1. The molecule has 44 heavy (non-hydrogen) atoms. The number of aryl methyl sites for hydroxylation is 1. The van der Waals surface area contributed by atoms with E-state index in [4.69, 9.17) is 18.9 Å². The summed E-state index contributed by atoms with van der Waals surface area (Å²) in [6.07, 6.45) is 4.34. The predicted molar refractivity (Wildman–Crippen MR) is 162 cm³/mol. The maximum atomic E-state index is 15.1. The highest BCUT2D eigenvalue weighted by atomic mass is 19.1. The fourth-order valence-corrected chi connectivity index (χ4v) is 5.73. The largest absolute Gasteiger partial charge is 0.475 e. The minimum absolute atomic E-state index is 0.146. The Kier molecular flexibility index (Phi) is 9.24. The zero-order valence-corrected chi connectivity index (χ0v) is 25.8. The summed E-state index contributed by atoms with van der Waals surface area (Å²) < 4.78 is 38.0. The van der Waals surface area contributed by atoms with E-state index in [-0.39, 0.29) is 24.9 Å². The van der Waals surface area contributed by atoms with Gasteiger partial charge in [-0.3, -0.25) is 4.98 Å². The van der Waals surface area contributed by atoms with Gasteiger partial charge in [0.2, 0.25) is 5.88 Å². The van der Waals surface area contributed by atoms with Crippen LogP contribution in [0.4, 0.5) is 14.0 Å². The monoisotopic (exact) mass is 608 g/mol. The van der Waals surface area contributed by atoms with E-state index in [9.17, 15) is 9.59 Å². The van der Waals surface area contributed by atoms with Gasteiger partial charge in [-0.25, -0.2) is 19.0 Å². The summed E-state index contributed by atoms with van der Waals surface area (Å²) in [7, 11) is 0. The SMILES string of the molecule is CC(COc1ccc2ncc(F)c(CCC34CCC(NC(=O)OC(C)(C)C)(CC3)CO4)c2n1)NC(=O)OCc1ccccc1. The van der Waals surface area contributed by atoms with E-state index in [0.29, 0.717) is 41.9 Å². The molecule has 236 valence electrons. The molecule has 4 heterocycles. The molecule has 1 aliphatic carbocycles. The van der Waals surface area contributed by atoms with Crippen LogP contribution in [0.15, 0.2) is 48.7 Å². The van der Waals surface area contributed by atoms with Crippen molar-refractivity contribution in [3.05, 3.63) is 65.6 Å². The average molecular weight is 609 g/mol. The Hall–Kier alpha value is -3.99. The molecule has 3 fully saturated rings. The smallest absolute Gasteiger partial charge is 0.408 e. The Morgan fingerprint density at radius 3 is 2.50 bits per heavy atom. The third kappa shape index (κ3) is 7.93. The van der Waals surface area contributed by atoms with Crippen molar-refractivity contribution in [1.29, 1.82) is 0 Å². The van der Waals surface area contributed by atoms with Gasteiger partial charge in [0, 0.05) is 11.6 Å². The Bertz CT molecular complexity index is 1450. The number of fused-ring (bicyclic) bond motifs is 4. The van der Waals surface area contributed by atoms with Crippen LogP contribution in [0.5, 0.6) is 5.88 Å². The minimum atomic E-state index is -0.573. The van der Waals surface area contributed by atoms with Gasteiger partial charge in [0.1, 0.15) is 24.6 Å². The van der Waals surface area contributed by atoms with Crippen LogP contribution < -0.4 is 15.4 Å². The third-order valence-electron chi connectivity index (χ3n) is 8.17. The fourth-order valence-electron chi connectivity index (χ4n) is 5.73. The molecule has 3 aromatic rings. The highest BCUT2D eigenvalue weighted by Crippen LogP contribution is 2.46. The number of aromatic nitrogens is 2. The van der Waals surface area contributed by atoms with Crippen molar-refractivity contribution in [3.8, 4) is 5.88 Å². The number of nitrogens with zero attached hydrogens (tertiary/aromatic N) is 2. The van der Waals surface area contributed by atoms with Crippen molar-refractivity contribution in [3.63, 3.8) is 0 Å². The number of alkyl carbamates (subject to hydrolysis) is 2. The number of carbonyl (C=O) groups excluding carboxylic acids is 2. The van der Waals surface area contributed by atoms with Crippen molar-refractivity contribution < 1.29 is 32.9 Å². The van der Waals surface area contributed by atoms with Gasteiger partial charge in [-0.2, -0.15) is 0 Å². The second kappa shape index (κ2) is 12.9. The zero-order valence-electron chi connectivity index (χ0n) is 25.8. The summed E-state index contributed by atoms with van der Waals surface area (Å²) in [5.41, 5.74) is 0.968. The Morgan fingerprint density at radius 2 is 1.82 bits per heavy atom. The van der Waals surface area contributed by atoms with Gasteiger partial charge in [-0.1, -0.05) is 30.3 Å². The number of amides is 2.